The highest BCUT2D eigenvalue weighted by Crippen LogP contribution is 2.23. The minimum absolute atomic E-state index is 0.0871. The van der Waals surface area contributed by atoms with Crippen LogP contribution in [-0.2, 0) is 11.3 Å². The Balaban J connectivity index is 1.38. The van der Waals surface area contributed by atoms with Gasteiger partial charge in [0.15, 0.2) is 0 Å². The molecule has 228 valence electrons. The Morgan fingerprint density at radius 2 is 1.71 bits per heavy atom. The average molecular weight is 618 g/mol. The standard InChI is InChI=1S/C27H19FN8O9/c28-13-6-1-10(7-14(13)32-19-17(29)20(37)21(19)38)9-31-23(40)15-8-16(36-26(33-15)35-45-27(36)44)24(41)34-18(22(30)39)11-2-4-12(5-3-11)25(42)43/h1-8,18,32H,9,29H2,(H2,30,39)(H,31,40)(H,34,41)(H,42,43)/t18-/m1/s1. The van der Waals surface area contributed by atoms with Crippen molar-refractivity contribution in [1.82, 2.24) is 25.2 Å². The molecule has 0 saturated heterocycles. The second-order valence-electron chi connectivity index (χ2n) is 9.42. The van der Waals surface area contributed by atoms with Crippen molar-refractivity contribution in [2.45, 2.75) is 12.6 Å². The highest BCUT2D eigenvalue weighted by molar-refractivity contribution is 6.00. The second-order valence-corrected chi connectivity index (χ2v) is 9.42. The van der Waals surface area contributed by atoms with Gasteiger partial charge in [0.25, 0.3) is 28.4 Å². The van der Waals surface area contributed by atoms with Crippen molar-refractivity contribution in [3.63, 3.8) is 0 Å². The minimum Gasteiger partial charge on any atom is -0.478 e. The van der Waals surface area contributed by atoms with E-state index in [2.05, 4.69) is 30.6 Å². The van der Waals surface area contributed by atoms with Crippen LogP contribution < -0.4 is 44.0 Å². The van der Waals surface area contributed by atoms with E-state index in [1.807, 2.05) is 0 Å². The number of primary amides is 1. The van der Waals surface area contributed by atoms with Crippen LogP contribution in [0.5, 0.6) is 0 Å². The molecule has 0 radical (unpaired) electrons. The fraction of sp³-hybridized carbons (Fsp3) is 0.0741. The van der Waals surface area contributed by atoms with Gasteiger partial charge in [0.05, 0.1) is 11.3 Å². The first kappa shape index (κ1) is 29.8. The van der Waals surface area contributed by atoms with E-state index in [0.29, 0.717) is 9.96 Å². The molecule has 0 spiro atoms. The summed E-state index contributed by atoms with van der Waals surface area (Å²) < 4.78 is 19.5. The number of nitrogen functional groups attached to an aromatic ring is 1. The van der Waals surface area contributed by atoms with E-state index in [-0.39, 0.29) is 34.7 Å². The molecule has 0 aliphatic heterocycles. The Labute approximate surface area is 248 Å². The van der Waals surface area contributed by atoms with E-state index >= 15 is 0 Å². The topological polar surface area (TPSA) is 271 Å². The van der Waals surface area contributed by atoms with Crippen molar-refractivity contribution in [1.29, 1.82) is 0 Å². The third kappa shape index (κ3) is 5.69. The summed E-state index contributed by atoms with van der Waals surface area (Å²) in [7, 11) is 0. The van der Waals surface area contributed by atoms with Crippen LogP contribution in [0.25, 0.3) is 5.78 Å². The Morgan fingerprint density at radius 1 is 1.00 bits per heavy atom. The first-order valence-electron chi connectivity index (χ1n) is 12.6. The van der Waals surface area contributed by atoms with Gasteiger partial charge in [0, 0.05) is 6.54 Å². The Morgan fingerprint density at radius 3 is 2.36 bits per heavy atom. The normalized spacial score (nSPS) is 11.7. The molecule has 0 unspecified atom stereocenters. The molecule has 0 aliphatic carbocycles. The number of benzene rings is 2. The van der Waals surface area contributed by atoms with Crippen LogP contribution in [0.2, 0.25) is 0 Å². The molecular weight excluding hydrogens is 599 g/mol. The molecule has 45 heavy (non-hydrogen) atoms. The smallest absolute Gasteiger partial charge is 0.448 e. The fourth-order valence-corrected chi connectivity index (χ4v) is 4.20. The lowest BCUT2D eigenvalue weighted by Gasteiger charge is -2.16. The Bertz CT molecular complexity index is 2160. The van der Waals surface area contributed by atoms with Crippen molar-refractivity contribution in [2.75, 3.05) is 11.1 Å². The molecule has 5 aromatic rings. The number of carbonyl (C=O) groups excluding carboxylic acids is 3. The number of carboxylic acids is 1. The van der Waals surface area contributed by atoms with E-state index in [1.165, 1.54) is 36.4 Å². The molecule has 2 heterocycles. The van der Waals surface area contributed by atoms with Gasteiger partial charge in [-0.15, -0.1) is 0 Å². The number of aromatic carboxylic acids is 1. The molecular formula is C27H19FN8O9. The molecule has 3 amide bonds. The Kier molecular flexibility index (Phi) is 7.62. The number of hydrogen-bond acceptors (Lipinski definition) is 12. The summed E-state index contributed by atoms with van der Waals surface area (Å²) in [6, 6.07) is 7.98. The summed E-state index contributed by atoms with van der Waals surface area (Å²) in [6.45, 7) is -0.217. The third-order valence-corrected chi connectivity index (χ3v) is 6.53. The average Bonchev–Trinajstić information content (AvgIpc) is 3.41. The number of halogens is 1. The number of fused-ring (bicyclic) bond motifs is 1. The number of amides is 3. The molecule has 1 atom stereocenters. The van der Waals surface area contributed by atoms with Crippen LogP contribution in [-0.4, -0.2) is 43.3 Å². The van der Waals surface area contributed by atoms with Crippen molar-refractivity contribution in [2.24, 2.45) is 5.73 Å². The summed E-state index contributed by atoms with van der Waals surface area (Å²) in [5.74, 6) is -6.57. The molecule has 0 saturated carbocycles. The van der Waals surface area contributed by atoms with Crippen LogP contribution in [0.3, 0.4) is 0 Å². The maximum Gasteiger partial charge on any atom is 0.448 e. The van der Waals surface area contributed by atoms with E-state index in [9.17, 15) is 38.0 Å². The summed E-state index contributed by atoms with van der Waals surface area (Å²) in [6.07, 6.45) is 0. The van der Waals surface area contributed by atoms with E-state index < -0.39 is 69.3 Å². The third-order valence-electron chi connectivity index (χ3n) is 6.53. The number of nitrogens with zero attached hydrogens (tertiary/aromatic N) is 3. The predicted octanol–water partition coefficient (Wildman–Crippen LogP) is -0.672. The van der Waals surface area contributed by atoms with Gasteiger partial charge in [-0.1, -0.05) is 18.2 Å². The minimum atomic E-state index is -1.47. The number of nitrogens with one attached hydrogen (secondary N) is 3. The number of aromatic nitrogens is 3. The summed E-state index contributed by atoms with van der Waals surface area (Å²) in [5, 5.41) is 19.8. The van der Waals surface area contributed by atoms with Gasteiger partial charge in [-0.3, -0.25) is 28.5 Å². The first-order valence-corrected chi connectivity index (χ1v) is 12.6. The van der Waals surface area contributed by atoms with E-state index in [0.717, 1.165) is 12.1 Å². The van der Waals surface area contributed by atoms with Crippen molar-refractivity contribution in [3.8, 4) is 0 Å². The van der Waals surface area contributed by atoms with Gasteiger partial charge in [0.1, 0.15) is 34.6 Å². The maximum atomic E-state index is 14.3. The molecule has 8 N–H and O–H groups in total. The van der Waals surface area contributed by atoms with Gasteiger partial charge in [-0.25, -0.2) is 23.4 Å². The SMILES string of the molecule is NC(=O)[C@H](NC(=O)c1cc(C(=O)NCc2ccc(F)c(Nc3c(N)c(=O)c3=O)c2)nc2noc(=O)n12)c1ccc(C(=O)O)cc1. The predicted molar refractivity (Wildman–Crippen MR) is 151 cm³/mol. The molecule has 17 nitrogen and oxygen atoms in total. The fourth-order valence-electron chi connectivity index (χ4n) is 4.20. The van der Waals surface area contributed by atoms with Gasteiger partial charge in [-0.05, 0) is 46.6 Å². The van der Waals surface area contributed by atoms with Gasteiger partial charge in [-0.2, -0.15) is 0 Å². The zero-order valence-electron chi connectivity index (χ0n) is 22.5. The van der Waals surface area contributed by atoms with E-state index in [1.54, 1.807) is 0 Å². The number of nitrogens with two attached hydrogens (primary N) is 2. The lowest BCUT2D eigenvalue weighted by atomic mass is 10.0. The highest BCUT2D eigenvalue weighted by Gasteiger charge is 2.26. The van der Waals surface area contributed by atoms with E-state index in [4.69, 9.17) is 16.6 Å². The molecule has 0 fully saturated rings. The summed E-state index contributed by atoms with van der Waals surface area (Å²) in [4.78, 5) is 88.8. The lowest BCUT2D eigenvalue weighted by Crippen LogP contribution is -2.39. The van der Waals surface area contributed by atoms with Gasteiger partial charge >= 0.3 is 11.7 Å². The maximum absolute atomic E-state index is 14.3. The quantitative estimate of drug-likeness (QED) is 0.106. The Hall–Kier alpha value is -6.72. The molecule has 0 aliphatic rings. The number of hydrogen-bond donors (Lipinski definition) is 6. The van der Waals surface area contributed by atoms with Crippen LogP contribution in [0.1, 0.15) is 48.5 Å². The number of rotatable bonds is 10. The molecule has 5 rings (SSSR count). The van der Waals surface area contributed by atoms with Gasteiger partial charge < -0.3 is 32.5 Å². The zero-order chi connectivity index (χ0) is 32.6. The summed E-state index contributed by atoms with van der Waals surface area (Å²) in [5.41, 5.74) is 7.78. The van der Waals surface area contributed by atoms with Crippen molar-refractivity contribution < 1.29 is 33.2 Å². The summed E-state index contributed by atoms with van der Waals surface area (Å²) >= 11 is 0. The second kappa shape index (κ2) is 11.5. The van der Waals surface area contributed by atoms with Crippen LogP contribution in [0, 0.1) is 5.82 Å². The molecule has 18 heteroatoms. The zero-order valence-corrected chi connectivity index (χ0v) is 22.5. The molecule has 3 aromatic carbocycles. The molecule has 2 aromatic heterocycles. The van der Waals surface area contributed by atoms with Crippen molar-refractivity contribution >= 4 is 46.5 Å². The van der Waals surface area contributed by atoms with Crippen LogP contribution >= 0.6 is 0 Å². The van der Waals surface area contributed by atoms with Crippen LogP contribution in [0.4, 0.5) is 21.5 Å². The lowest BCUT2D eigenvalue weighted by molar-refractivity contribution is -0.120. The molecule has 0 bridgehead atoms. The van der Waals surface area contributed by atoms with Crippen LogP contribution in [0.15, 0.2) is 67.4 Å². The number of anilines is 3. The number of carbonyl (C=O) groups is 4. The van der Waals surface area contributed by atoms with Crippen molar-refractivity contribution in [3.05, 3.63) is 113 Å². The van der Waals surface area contributed by atoms with Gasteiger partial charge in [0.2, 0.25) is 5.91 Å². The monoisotopic (exact) mass is 618 g/mol. The first-order chi connectivity index (χ1) is 21.3. The largest absolute Gasteiger partial charge is 0.478 e. The number of carboxylic acid groups (broad SMARTS) is 1. The highest BCUT2D eigenvalue weighted by atomic mass is 19.1.